The molecular formula is C18H30N2O. The van der Waals surface area contributed by atoms with E-state index in [4.69, 9.17) is 4.74 Å². The number of ether oxygens (including phenoxy) is 1. The van der Waals surface area contributed by atoms with Crippen molar-refractivity contribution in [3.05, 3.63) is 35.9 Å². The third-order valence-corrected chi connectivity index (χ3v) is 4.11. The zero-order valence-electron chi connectivity index (χ0n) is 13.6. The van der Waals surface area contributed by atoms with Crippen molar-refractivity contribution in [1.29, 1.82) is 0 Å². The molecule has 0 amide bonds. The molecule has 1 aliphatic heterocycles. The molecule has 3 nitrogen and oxygen atoms in total. The highest BCUT2D eigenvalue weighted by Gasteiger charge is 2.23. The highest BCUT2D eigenvalue weighted by Crippen LogP contribution is 2.19. The maximum Gasteiger partial charge on any atom is 0.0702 e. The molecule has 0 spiro atoms. The van der Waals surface area contributed by atoms with Crippen LogP contribution in [0.2, 0.25) is 0 Å². The van der Waals surface area contributed by atoms with Crippen molar-refractivity contribution in [2.45, 2.75) is 45.3 Å². The van der Waals surface area contributed by atoms with E-state index in [0.29, 0.717) is 12.1 Å². The summed E-state index contributed by atoms with van der Waals surface area (Å²) in [4.78, 5) is 2.56. The first kappa shape index (κ1) is 16.5. The second kappa shape index (κ2) is 9.19. The summed E-state index contributed by atoms with van der Waals surface area (Å²) in [6.07, 6.45) is 4.01. The zero-order chi connectivity index (χ0) is 14.9. The van der Waals surface area contributed by atoms with Crippen LogP contribution in [-0.4, -0.2) is 43.8 Å². The fraction of sp³-hybridized carbons (Fsp3) is 0.667. The molecule has 0 aliphatic carbocycles. The molecule has 1 aromatic rings. The summed E-state index contributed by atoms with van der Waals surface area (Å²) in [6, 6.07) is 11.2. The van der Waals surface area contributed by atoms with Crippen molar-refractivity contribution in [3.63, 3.8) is 0 Å². The number of rotatable bonds is 8. The number of hydrogen-bond acceptors (Lipinski definition) is 3. The zero-order valence-corrected chi connectivity index (χ0v) is 13.6. The number of likely N-dealkylation sites (N-methyl/N-ethyl adjacent to an activating group) is 1. The number of likely N-dealkylation sites (tertiary alicyclic amines) is 1. The van der Waals surface area contributed by atoms with E-state index in [2.05, 4.69) is 54.4 Å². The first-order chi connectivity index (χ1) is 10.3. The van der Waals surface area contributed by atoms with Crippen LogP contribution in [0.15, 0.2) is 30.3 Å². The van der Waals surface area contributed by atoms with Crippen LogP contribution in [0.1, 0.15) is 44.7 Å². The molecule has 1 fully saturated rings. The molecule has 1 aromatic carbocycles. The van der Waals surface area contributed by atoms with Crippen LogP contribution >= 0.6 is 0 Å². The van der Waals surface area contributed by atoms with Gasteiger partial charge in [-0.2, -0.15) is 0 Å². The van der Waals surface area contributed by atoms with Gasteiger partial charge in [0.15, 0.2) is 0 Å². The van der Waals surface area contributed by atoms with Gasteiger partial charge >= 0.3 is 0 Å². The molecule has 2 atom stereocenters. The van der Waals surface area contributed by atoms with Crippen LogP contribution in [0.5, 0.6) is 0 Å². The SMILES string of the molecule is CCCOC1CCCN(CC(NCC)c2ccccc2)C1. The van der Waals surface area contributed by atoms with E-state index in [9.17, 15) is 0 Å². The fourth-order valence-electron chi connectivity index (χ4n) is 3.08. The molecule has 118 valence electrons. The van der Waals surface area contributed by atoms with E-state index in [0.717, 1.165) is 32.7 Å². The lowest BCUT2D eigenvalue weighted by Crippen LogP contribution is -2.44. The molecule has 1 heterocycles. The van der Waals surface area contributed by atoms with Crippen LogP contribution in [0, 0.1) is 0 Å². The minimum atomic E-state index is 0.418. The maximum absolute atomic E-state index is 5.95. The van der Waals surface area contributed by atoms with Gasteiger partial charge < -0.3 is 10.1 Å². The van der Waals surface area contributed by atoms with Gasteiger partial charge in [-0.15, -0.1) is 0 Å². The van der Waals surface area contributed by atoms with Crippen molar-refractivity contribution in [1.82, 2.24) is 10.2 Å². The summed E-state index contributed by atoms with van der Waals surface area (Å²) < 4.78 is 5.95. The summed E-state index contributed by atoms with van der Waals surface area (Å²) in [5.74, 6) is 0. The van der Waals surface area contributed by atoms with E-state index in [1.54, 1.807) is 0 Å². The second-order valence-electron chi connectivity index (χ2n) is 5.92. The van der Waals surface area contributed by atoms with Gasteiger partial charge in [0.25, 0.3) is 0 Å². The third-order valence-electron chi connectivity index (χ3n) is 4.11. The van der Waals surface area contributed by atoms with Crippen LogP contribution < -0.4 is 5.32 Å². The molecule has 2 unspecified atom stereocenters. The minimum Gasteiger partial charge on any atom is -0.377 e. The van der Waals surface area contributed by atoms with Gasteiger partial charge in [0, 0.05) is 25.7 Å². The smallest absolute Gasteiger partial charge is 0.0702 e. The Morgan fingerprint density at radius 3 is 2.81 bits per heavy atom. The van der Waals surface area contributed by atoms with Gasteiger partial charge in [-0.05, 0) is 37.9 Å². The van der Waals surface area contributed by atoms with E-state index in [1.807, 2.05) is 0 Å². The summed E-state index contributed by atoms with van der Waals surface area (Å²) in [5.41, 5.74) is 1.39. The molecule has 3 heteroatoms. The Bertz CT molecular complexity index is 382. The fourth-order valence-corrected chi connectivity index (χ4v) is 3.08. The van der Waals surface area contributed by atoms with Crippen molar-refractivity contribution < 1.29 is 4.74 Å². The van der Waals surface area contributed by atoms with Gasteiger partial charge in [-0.3, -0.25) is 4.90 Å². The Morgan fingerprint density at radius 1 is 1.29 bits per heavy atom. The van der Waals surface area contributed by atoms with Gasteiger partial charge in [0.05, 0.1) is 6.10 Å². The third kappa shape index (κ3) is 5.42. The first-order valence-electron chi connectivity index (χ1n) is 8.45. The first-order valence-corrected chi connectivity index (χ1v) is 8.45. The van der Waals surface area contributed by atoms with Crippen LogP contribution in [0.25, 0.3) is 0 Å². The summed E-state index contributed by atoms with van der Waals surface area (Å²) in [7, 11) is 0. The molecule has 1 saturated heterocycles. The van der Waals surface area contributed by atoms with Crippen LogP contribution in [0.3, 0.4) is 0 Å². The average Bonchev–Trinajstić information content (AvgIpc) is 2.54. The predicted molar refractivity (Wildman–Crippen MR) is 88.6 cm³/mol. The molecule has 1 aliphatic rings. The molecule has 1 N–H and O–H groups in total. The van der Waals surface area contributed by atoms with E-state index in [1.165, 1.54) is 24.9 Å². The van der Waals surface area contributed by atoms with E-state index < -0.39 is 0 Å². The topological polar surface area (TPSA) is 24.5 Å². The lowest BCUT2D eigenvalue weighted by Gasteiger charge is -2.35. The second-order valence-corrected chi connectivity index (χ2v) is 5.92. The molecule has 0 bridgehead atoms. The normalized spacial score (nSPS) is 21.3. The van der Waals surface area contributed by atoms with Crippen LogP contribution in [-0.2, 0) is 4.74 Å². The molecular weight excluding hydrogens is 260 g/mol. The number of nitrogens with zero attached hydrogens (tertiary/aromatic N) is 1. The highest BCUT2D eigenvalue weighted by atomic mass is 16.5. The lowest BCUT2D eigenvalue weighted by atomic mass is 10.0. The largest absolute Gasteiger partial charge is 0.377 e. The van der Waals surface area contributed by atoms with E-state index in [-0.39, 0.29) is 0 Å². The maximum atomic E-state index is 5.95. The summed E-state index contributed by atoms with van der Waals surface area (Å²) in [5, 5.41) is 3.62. The standard InChI is InChI=1S/C18H30N2O/c1-3-13-21-17-11-8-12-20(14-17)15-18(19-4-2)16-9-6-5-7-10-16/h5-7,9-10,17-19H,3-4,8,11-15H2,1-2H3. The summed E-state index contributed by atoms with van der Waals surface area (Å²) in [6.45, 7) is 9.60. The Balaban J connectivity index is 1.90. The monoisotopic (exact) mass is 290 g/mol. The molecule has 0 aromatic heterocycles. The number of benzene rings is 1. The van der Waals surface area contributed by atoms with Crippen molar-refractivity contribution in [2.24, 2.45) is 0 Å². The Kier molecular flexibility index (Phi) is 7.20. The average molecular weight is 290 g/mol. The number of hydrogen-bond donors (Lipinski definition) is 1. The molecule has 21 heavy (non-hydrogen) atoms. The van der Waals surface area contributed by atoms with Gasteiger partial charge in [-0.25, -0.2) is 0 Å². The van der Waals surface area contributed by atoms with Crippen molar-refractivity contribution in [3.8, 4) is 0 Å². The van der Waals surface area contributed by atoms with Gasteiger partial charge in [-0.1, -0.05) is 44.2 Å². The van der Waals surface area contributed by atoms with Gasteiger partial charge in [0.2, 0.25) is 0 Å². The van der Waals surface area contributed by atoms with Crippen LogP contribution in [0.4, 0.5) is 0 Å². The molecule has 0 radical (unpaired) electrons. The van der Waals surface area contributed by atoms with Crippen molar-refractivity contribution >= 4 is 0 Å². The Hall–Kier alpha value is -0.900. The highest BCUT2D eigenvalue weighted by molar-refractivity contribution is 5.19. The number of piperidine rings is 1. The van der Waals surface area contributed by atoms with Gasteiger partial charge in [0.1, 0.15) is 0 Å². The minimum absolute atomic E-state index is 0.418. The summed E-state index contributed by atoms with van der Waals surface area (Å²) >= 11 is 0. The molecule has 2 rings (SSSR count). The predicted octanol–water partition coefficient (Wildman–Crippen LogP) is 3.23. The Labute approximate surface area is 129 Å². The number of nitrogens with one attached hydrogen (secondary N) is 1. The lowest BCUT2D eigenvalue weighted by molar-refractivity contribution is -0.00227. The quantitative estimate of drug-likeness (QED) is 0.795. The van der Waals surface area contributed by atoms with E-state index >= 15 is 0 Å². The van der Waals surface area contributed by atoms with Crippen molar-refractivity contribution in [2.75, 3.05) is 32.8 Å². The molecule has 0 saturated carbocycles. The Morgan fingerprint density at radius 2 is 2.10 bits per heavy atom.